The van der Waals surface area contributed by atoms with Gasteiger partial charge in [-0.3, -0.25) is 14.9 Å². The summed E-state index contributed by atoms with van der Waals surface area (Å²) in [5.41, 5.74) is -0.398. The highest BCUT2D eigenvalue weighted by atomic mass is 35.7. The molecule has 0 aromatic heterocycles. The summed E-state index contributed by atoms with van der Waals surface area (Å²) >= 11 is 0. The van der Waals surface area contributed by atoms with Crippen molar-refractivity contribution in [3.63, 3.8) is 0 Å². The fourth-order valence-electron chi connectivity index (χ4n) is 1.56. The van der Waals surface area contributed by atoms with Gasteiger partial charge in [-0.25, -0.2) is 8.42 Å². The van der Waals surface area contributed by atoms with Gasteiger partial charge < -0.3 is 10.1 Å². The summed E-state index contributed by atoms with van der Waals surface area (Å²) in [6, 6.07) is 1.97. The first-order chi connectivity index (χ1) is 9.66. The van der Waals surface area contributed by atoms with Crippen molar-refractivity contribution in [2.45, 2.75) is 18.7 Å². The first-order valence-electron chi connectivity index (χ1n) is 5.80. The van der Waals surface area contributed by atoms with Gasteiger partial charge >= 0.3 is 5.69 Å². The summed E-state index contributed by atoms with van der Waals surface area (Å²) in [5, 5.41) is 13.4. The molecule has 0 atom stereocenters. The lowest BCUT2D eigenvalue weighted by Gasteiger charge is -2.09. The van der Waals surface area contributed by atoms with E-state index in [1.54, 1.807) is 6.92 Å². The summed E-state index contributed by atoms with van der Waals surface area (Å²) in [5.74, 6) is -0.647. The monoisotopic (exact) mass is 336 g/mol. The zero-order chi connectivity index (χ0) is 16.2. The van der Waals surface area contributed by atoms with Gasteiger partial charge in [-0.05, 0) is 25.5 Å². The van der Waals surface area contributed by atoms with E-state index < -0.39 is 32.2 Å². The van der Waals surface area contributed by atoms with Crippen LogP contribution in [-0.2, 0) is 13.8 Å². The maximum absolute atomic E-state index is 11.3. The Morgan fingerprint density at radius 1 is 1.48 bits per heavy atom. The van der Waals surface area contributed by atoms with E-state index in [1.165, 1.54) is 6.92 Å². The molecule has 1 aromatic rings. The molecule has 0 aliphatic heterocycles. The number of carbonyl (C=O) groups excluding carboxylic acids is 1. The molecular formula is C11H13ClN2O6S. The third-order valence-corrected chi connectivity index (χ3v) is 3.91. The molecular weight excluding hydrogens is 324 g/mol. The molecule has 0 radical (unpaired) electrons. The molecule has 0 unspecified atom stereocenters. The van der Waals surface area contributed by atoms with Crippen molar-refractivity contribution < 1.29 is 22.9 Å². The van der Waals surface area contributed by atoms with Crippen molar-refractivity contribution >= 4 is 31.3 Å². The molecule has 0 saturated carbocycles. The predicted octanol–water partition coefficient (Wildman–Crippen LogP) is 1.35. The molecule has 21 heavy (non-hydrogen) atoms. The molecule has 0 heterocycles. The minimum Gasteiger partial charge on any atom is -0.477 e. The predicted molar refractivity (Wildman–Crippen MR) is 75.1 cm³/mol. The Morgan fingerprint density at radius 2 is 2.10 bits per heavy atom. The van der Waals surface area contributed by atoms with Gasteiger partial charge in [0.2, 0.25) is 0 Å². The highest BCUT2D eigenvalue weighted by Crippen LogP contribution is 2.33. The number of hydrogen-bond acceptors (Lipinski definition) is 6. The number of rotatable bonds is 6. The third-order valence-electron chi connectivity index (χ3n) is 2.45. The molecule has 116 valence electrons. The zero-order valence-corrected chi connectivity index (χ0v) is 12.8. The van der Waals surface area contributed by atoms with Crippen molar-refractivity contribution in [3.8, 4) is 5.75 Å². The van der Waals surface area contributed by atoms with Crippen molar-refractivity contribution in [1.29, 1.82) is 0 Å². The maximum atomic E-state index is 11.3. The number of carbonyl (C=O) groups is 1. The van der Waals surface area contributed by atoms with Crippen LogP contribution in [0, 0.1) is 17.0 Å². The zero-order valence-electron chi connectivity index (χ0n) is 11.3. The molecule has 0 aliphatic carbocycles. The number of nitro benzene ring substituents is 1. The Balaban J connectivity index is 3.18. The number of nitrogens with zero attached hydrogens (tertiary/aromatic N) is 1. The number of nitrogens with one attached hydrogen (secondary N) is 1. The van der Waals surface area contributed by atoms with Crippen LogP contribution in [0.1, 0.15) is 12.5 Å². The molecule has 0 aliphatic rings. The number of ether oxygens (including phenoxy) is 1. The SMILES string of the molecule is CCNC(=O)COc1cc(C)c(S(=O)(=O)Cl)cc1[N+](=O)[O-]. The van der Waals surface area contributed by atoms with Crippen LogP contribution in [0.25, 0.3) is 0 Å². The Hall–Kier alpha value is -1.87. The highest BCUT2D eigenvalue weighted by Gasteiger charge is 2.24. The minimum absolute atomic E-state index is 0.182. The van der Waals surface area contributed by atoms with Crippen LogP contribution in [0.15, 0.2) is 17.0 Å². The number of amides is 1. The number of nitro groups is 1. The van der Waals surface area contributed by atoms with E-state index in [9.17, 15) is 23.3 Å². The Kier molecular flexibility index (Phi) is 5.50. The Bertz CT molecular complexity index is 674. The van der Waals surface area contributed by atoms with E-state index >= 15 is 0 Å². The molecule has 0 spiro atoms. The molecule has 1 amide bonds. The summed E-state index contributed by atoms with van der Waals surface area (Å²) in [7, 11) is 1.09. The molecule has 0 fully saturated rings. The van der Waals surface area contributed by atoms with Crippen LogP contribution in [0.3, 0.4) is 0 Å². The second kappa shape index (κ2) is 6.72. The van der Waals surface area contributed by atoms with Crippen molar-refractivity contribution in [2.24, 2.45) is 0 Å². The third kappa shape index (κ3) is 4.57. The van der Waals surface area contributed by atoms with Gasteiger partial charge in [0.25, 0.3) is 15.0 Å². The second-order valence-corrected chi connectivity index (χ2v) is 6.56. The van der Waals surface area contributed by atoms with Crippen LogP contribution in [-0.4, -0.2) is 32.4 Å². The van der Waals surface area contributed by atoms with Gasteiger partial charge in [0, 0.05) is 23.3 Å². The molecule has 8 nitrogen and oxygen atoms in total. The number of halogens is 1. The smallest absolute Gasteiger partial charge is 0.312 e. The molecule has 0 saturated heterocycles. The molecule has 1 N–H and O–H groups in total. The first kappa shape index (κ1) is 17.2. The van der Waals surface area contributed by atoms with E-state index in [0.717, 1.165) is 12.1 Å². The number of benzene rings is 1. The maximum Gasteiger partial charge on any atom is 0.312 e. The fraction of sp³-hybridized carbons (Fsp3) is 0.364. The van der Waals surface area contributed by atoms with Crippen LogP contribution in [0.5, 0.6) is 5.75 Å². The van der Waals surface area contributed by atoms with Gasteiger partial charge in [0.15, 0.2) is 12.4 Å². The van der Waals surface area contributed by atoms with Gasteiger partial charge in [0.05, 0.1) is 9.82 Å². The van der Waals surface area contributed by atoms with Crippen molar-refractivity contribution in [1.82, 2.24) is 5.32 Å². The van der Waals surface area contributed by atoms with E-state index in [1.807, 2.05) is 0 Å². The lowest BCUT2D eigenvalue weighted by Crippen LogP contribution is -2.28. The van der Waals surface area contributed by atoms with Gasteiger partial charge in [-0.15, -0.1) is 0 Å². The molecule has 1 rings (SSSR count). The fourth-order valence-corrected chi connectivity index (χ4v) is 2.76. The summed E-state index contributed by atoms with van der Waals surface area (Å²) in [4.78, 5) is 21.1. The Morgan fingerprint density at radius 3 is 2.57 bits per heavy atom. The standard InChI is InChI=1S/C11H13ClN2O6S/c1-3-13-11(15)6-20-9-4-7(2)10(21(12,18)19)5-8(9)14(16)17/h4-5H,3,6H2,1-2H3,(H,13,15). The number of likely N-dealkylation sites (N-methyl/N-ethyl adjacent to an activating group) is 1. The van der Waals surface area contributed by atoms with E-state index in [-0.39, 0.29) is 16.2 Å². The number of aryl methyl sites for hydroxylation is 1. The topological polar surface area (TPSA) is 116 Å². The van der Waals surface area contributed by atoms with E-state index in [0.29, 0.717) is 6.54 Å². The lowest BCUT2D eigenvalue weighted by atomic mass is 10.2. The number of hydrogen-bond donors (Lipinski definition) is 1. The average Bonchev–Trinajstić information content (AvgIpc) is 2.34. The largest absolute Gasteiger partial charge is 0.477 e. The molecule has 10 heteroatoms. The van der Waals surface area contributed by atoms with Gasteiger partial charge in [0.1, 0.15) is 0 Å². The summed E-state index contributed by atoms with van der Waals surface area (Å²) in [6.45, 7) is 3.11. The molecule has 0 bridgehead atoms. The normalized spacial score (nSPS) is 11.0. The van der Waals surface area contributed by atoms with Crippen LogP contribution >= 0.6 is 10.7 Å². The van der Waals surface area contributed by atoms with Crippen LogP contribution < -0.4 is 10.1 Å². The minimum atomic E-state index is -4.11. The summed E-state index contributed by atoms with van der Waals surface area (Å²) < 4.78 is 27.7. The first-order valence-corrected chi connectivity index (χ1v) is 8.11. The van der Waals surface area contributed by atoms with Crippen molar-refractivity contribution in [2.75, 3.05) is 13.2 Å². The van der Waals surface area contributed by atoms with Gasteiger partial charge in [-0.2, -0.15) is 0 Å². The van der Waals surface area contributed by atoms with Crippen molar-refractivity contribution in [3.05, 3.63) is 27.8 Å². The van der Waals surface area contributed by atoms with Gasteiger partial charge in [-0.1, -0.05) is 0 Å². The van der Waals surface area contributed by atoms with Crippen LogP contribution in [0.4, 0.5) is 5.69 Å². The Labute approximate surface area is 125 Å². The van der Waals surface area contributed by atoms with E-state index in [2.05, 4.69) is 5.32 Å². The molecule has 1 aromatic carbocycles. The summed E-state index contributed by atoms with van der Waals surface area (Å²) in [6.07, 6.45) is 0. The lowest BCUT2D eigenvalue weighted by molar-refractivity contribution is -0.386. The average molecular weight is 337 g/mol. The van der Waals surface area contributed by atoms with E-state index in [4.69, 9.17) is 15.4 Å². The van der Waals surface area contributed by atoms with Crippen LogP contribution in [0.2, 0.25) is 0 Å². The highest BCUT2D eigenvalue weighted by molar-refractivity contribution is 8.13. The second-order valence-electron chi connectivity index (χ2n) is 4.02. The quantitative estimate of drug-likeness (QED) is 0.476.